The molecule has 1 heterocycles. The number of hydrogen-bond donors (Lipinski definition) is 1. The molecule has 1 saturated carbocycles. The second kappa shape index (κ2) is 8.66. The first-order valence-corrected chi connectivity index (χ1v) is 11.6. The van der Waals surface area contributed by atoms with Crippen LogP contribution in [0.2, 0.25) is 0 Å². The van der Waals surface area contributed by atoms with Gasteiger partial charge in [0.15, 0.2) is 0 Å². The SMILES string of the molecule is Cc1ccc(-c2ccc3c(ccn3C(CCC3CCC3)c3ccc(C(=O)O)cc3)c2)cc1. The number of carboxylic acids is 1. The third-order valence-corrected chi connectivity index (χ3v) is 7.06. The molecular formula is C29H29NO2. The summed E-state index contributed by atoms with van der Waals surface area (Å²) in [5.74, 6) is -0.0385. The van der Waals surface area contributed by atoms with E-state index in [1.165, 1.54) is 58.8 Å². The zero-order chi connectivity index (χ0) is 22.1. The van der Waals surface area contributed by atoms with Crippen molar-refractivity contribution in [3.8, 4) is 11.1 Å². The molecule has 1 fully saturated rings. The Balaban J connectivity index is 1.50. The van der Waals surface area contributed by atoms with E-state index in [-0.39, 0.29) is 6.04 Å². The predicted molar refractivity (Wildman–Crippen MR) is 130 cm³/mol. The highest BCUT2D eigenvalue weighted by Gasteiger charge is 2.22. The van der Waals surface area contributed by atoms with Gasteiger partial charge < -0.3 is 9.67 Å². The summed E-state index contributed by atoms with van der Waals surface area (Å²) in [5.41, 5.74) is 6.47. The van der Waals surface area contributed by atoms with E-state index in [0.717, 1.165) is 12.3 Å². The number of rotatable bonds is 7. The Morgan fingerprint density at radius 1 is 0.969 bits per heavy atom. The number of carbonyl (C=O) groups is 1. The lowest BCUT2D eigenvalue weighted by atomic mass is 9.80. The molecule has 0 aliphatic heterocycles. The van der Waals surface area contributed by atoms with Gasteiger partial charge in [0.2, 0.25) is 0 Å². The summed E-state index contributed by atoms with van der Waals surface area (Å²) in [6.07, 6.45) is 8.53. The molecule has 32 heavy (non-hydrogen) atoms. The van der Waals surface area contributed by atoms with Gasteiger partial charge in [-0.05, 0) is 72.7 Å². The number of hydrogen-bond acceptors (Lipinski definition) is 1. The van der Waals surface area contributed by atoms with Gasteiger partial charge >= 0.3 is 5.97 Å². The molecule has 1 unspecified atom stereocenters. The number of benzene rings is 3. The van der Waals surface area contributed by atoms with E-state index >= 15 is 0 Å². The van der Waals surface area contributed by atoms with Crippen molar-refractivity contribution in [2.45, 2.75) is 45.1 Å². The molecule has 1 aliphatic rings. The number of carboxylic acid groups (broad SMARTS) is 1. The van der Waals surface area contributed by atoms with Gasteiger partial charge in [0, 0.05) is 17.1 Å². The van der Waals surface area contributed by atoms with Crippen LogP contribution in [0.5, 0.6) is 0 Å². The van der Waals surface area contributed by atoms with Gasteiger partial charge in [-0.3, -0.25) is 0 Å². The van der Waals surface area contributed by atoms with Gasteiger partial charge in [0.25, 0.3) is 0 Å². The van der Waals surface area contributed by atoms with Gasteiger partial charge in [0.05, 0.1) is 11.6 Å². The average molecular weight is 424 g/mol. The van der Waals surface area contributed by atoms with Crippen LogP contribution in [0.25, 0.3) is 22.0 Å². The molecule has 0 bridgehead atoms. The highest BCUT2D eigenvalue weighted by atomic mass is 16.4. The number of nitrogens with zero attached hydrogens (tertiary/aromatic N) is 1. The predicted octanol–water partition coefficient (Wildman–Crippen LogP) is 7.48. The van der Waals surface area contributed by atoms with Crippen molar-refractivity contribution >= 4 is 16.9 Å². The first kappa shape index (κ1) is 20.6. The molecule has 0 amide bonds. The topological polar surface area (TPSA) is 42.2 Å². The van der Waals surface area contributed by atoms with Crippen LogP contribution >= 0.6 is 0 Å². The molecule has 0 saturated heterocycles. The number of fused-ring (bicyclic) bond motifs is 1. The average Bonchev–Trinajstić information content (AvgIpc) is 3.19. The maximum absolute atomic E-state index is 11.3. The Hall–Kier alpha value is -3.33. The zero-order valence-electron chi connectivity index (χ0n) is 18.5. The second-order valence-electron chi connectivity index (χ2n) is 9.18. The van der Waals surface area contributed by atoms with Gasteiger partial charge in [0.1, 0.15) is 0 Å². The maximum atomic E-state index is 11.3. The van der Waals surface area contributed by atoms with E-state index < -0.39 is 5.97 Å². The van der Waals surface area contributed by atoms with Crippen molar-refractivity contribution in [2.75, 3.05) is 0 Å². The fraction of sp³-hybridized carbons (Fsp3) is 0.276. The molecule has 3 nitrogen and oxygen atoms in total. The van der Waals surface area contributed by atoms with Gasteiger partial charge in [-0.15, -0.1) is 0 Å². The Kier molecular flexibility index (Phi) is 5.57. The van der Waals surface area contributed by atoms with Crippen LogP contribution in [0, 0.1) is 12.8 Å². The first-order valence-electron chi connectivity index (χ1n) is 11.6. The zero-order valence-corrected chi connectivity index (χ0v) is 18.5. The Labute approximate surface area is 189 Å². The van der Waals surface area contributed by atoms with Crippen LogP contribution in [-0.4, -0.2) is 15.6 Å². The minimum Gasteiger partial charge on any atom is -0.478 e. The van der Waals surface area contributed by atoms with Gasteiger partial charge in [-0.2, -0.15) is 0 Å². The van der Waals surface area contributed by atoms with Crippen LogP contribution in [0.3, 0.4) is 0 Å². The summed E-state index contributed by atoms with van der Waals surface area (Å²) in [4.78, 5) is 11.3. The van der Waals surface area contributed by atoms with Gasteiger partial charge in [-0.1, -0.05) is 67.3 Å². The summed E-state index contributed by atoms with van der Waals surface area (Å²) in [7, 11) is 0. The number of aromatic nitrogens is 1. The Morgan fingerprint density at radius 2 is 1.69 bits per heavy atom. The van der Waals surface area contributed by atoms with E-state index in [0.29, 0.717) is 5.56 Å². The third kappa shape index (κ3) is 4.08. The lowest BCUT2D eigenvalue weighted by Crippen LogP contribution is -2.16. The van der Waals surface area contributed by atoms with Crippen LogP contribution in [-0.2, 0) is 0 Å². The summed E-state index contributed by atoms with van der Waals surface area (Å²) in [6.45, 7) is 2.11. The third-order valence-electron chi connectivity index (χ3n) is 7.06. The Bertz CT molecular complexity index is 1230. The molecular weight excluding hydrogens is 394 g/mol. The fourth-order valence-corrected chi connectivity index (χ4v) is 4.85. The second-order valence-corrected chi connectivity index (χ2v) is 9.18. The van der Waals surface area contributed by atoms with E-state index in [1.54, 1.807) is 12.1 Å². The van der Waals surface area contributed by atoms with Crippen LogP contribution < -0.4 is 0 Å². The molecule has 1 aromatic heterocycles. The van der Waals surface area contributed by atoms with Crippen molar-refractivity contribution in [1.82, 2.24) is 4.57 Å². The normalized spacial score (nSPS) is 14.9. The van der Waals surface area contributed by atoms with E-state index in [2.05, 4.69) is 66.2 Å². The largest absolute Gasteiger partial charge is 0.478 e. The minimum atomic E-state index is -0.877. The molecule has 1 N–H and O–H groups in total. The fourth-order valence-electron chi connectivity index (χ4n) is 4.85. The van der Waals surface area contributed by atoms with Crippen molar-refractivity contribution < 1.29 is 9.90 Å². The molecule has 0 radical (unpaired) electrons. The maximum Gasteiger partial charge on any atom is 0.335 e. The number of aryl methyl sites for hydroxylation is 1. The molecule has 3 aromatic carbocycles. The quantitative estimate of drug-likeness (QED) is 0.335. The highest BCUT2D eigenvalue weighted by molar-refractivity contribution is 5.88. The van der Waals surface area contributed by atoms with Gasteiger partial charge in [-0.25, -0.2) is 4.79 Å². The summed E-state index contributed by atoms with van der Waals surface area (Å²) < 4.78 is 2.38. The lowest BCUT2D eigenvalue weighted by Gasteiger charge is -2.28. The standard InChI is InChI=1S/C29H29NO2/c1-20-5-8-22(9-6-20)25-14-16-28-26(19-25)17-18-30(28)27(15-7-21-3-2-4-21)23-10-12-24(13-11-23)29(31)32/h5-6,8-14,16-19,21,27H,2-4,7,15H2,1H3,(H,31,32). The molecule has 162 valence electrons. The molecule has 3 heteroatoms. The molecule has 0 spiro atoms. The first-order chi connectivity index (χ1) is 15.6. The molecule has 1 atom stereocenters. The van der Waals surface area contributed by atoms with Crippen LogP contribution in [0.1, 0.15) is 59.6 Å². The van der Waals surface area contributed by atoms with Crippen molar-refractivity contribution in [3.63, 3.8) is 0 Å². The lowest BCUT2D eigenvalue weighted by molar-refractivity contribution is 0.0697. The summed E-state index contributed by atoms with van der Waals surface area (Å²) in [6, 6.07) is 25.2. The van der Waals surface area contributed by atoms with E-state index in [4.69, 9.17) is 0 Å². The van der Waals surface area contributed by atoms with E-state index in [9.17, 15) is 9.90 Å². The highest BCUT2D eigenvalue weighted by Crippen LogP contribution is 2.36. The van der Waals surface area contributed by atoms with E-state index in [1.807, 2.05) is 12.1 Å². The van der Waals surface area contributed by atoms with Crippen LogP contribution in [0.15, 0.2) is 79.0 Å². The van der Waals surface area contributed by atoms with Crippen molar-refractivity contribution in [2.24, 2.45) is 5.92 Å². The molecule has 1 aliphatic carbocycles. The Morgan fingerprint density at radius 3 is 2.34 bits per heavy atom. The molecule has 4 aromatic rings. The smallest absolute Gasteiger partial charge is 0.335 e. The molecule has 5 rings (SSSR count). The monoisotopic (exact) mass is 423 g/mol. The summed E-state index contributed by atoms with van der Waals surface area (Å²) in [5, 5.41) is 10.5. The minimum absolute atomic E-state index is 0.209. The van der Waals surface area contributed by atoms with Crippen LogP contribution in [0.4, 0.5) is 0 Å². The number of aromatic carboxylic acids is 1. The van der Waals surface area contributed by atoms with Crippen molar-refractivity contribution in [1.29, 1.82) is 0 Å². The summed E-state index contributed by atoms with van der Waals surface area (Å²) >= 11 is 0. The van der Waals surface area contributed by atoms with Crippen molar-refractivity contribution in [3.05, 3.63) is 95.7 Å².